The summed E-state index contributed by atoms with van der Waals surface area (Å²) in [6.45, 7) is 19.8. The molecule has 1 unspecified atom stereocenters. The van der Waals surface area contributed by atoms with Crippen LogP contribution in [0.5, 0.6) is 0 Å². The van der Waals surface area contributed by atoms with Gasteiger partial charge in [-0.1, -0.05) is 34.1 Å². The molecule has 21 heavy (non-hydrogen) atoms. The molecule has 2 aliphatic heterocycles. The maximum absolute atomic E-state index is 2.77. The second kappa shape index (κ2) is 8.50. The minimum Gasteiger partial charge on any atom is -0.301 e. The number of nitrogens with zero attached hydrogens (tertiary/aromatic N) is 3. The largest absolute Gasteiger partial charge is 0.301 e. The lowest BCUT2D eigenvalue weighted by molar-refractivity contribution is 0.0876. The van der Waals surface area contributed by atoms with E-state index in [1.807, 2.05) is 0 Å². The Kier molecular flexibility index (Phi) is 6.97. The summed E-state index contributed by atoms with van der Waals surface area (Å²) in [7, 11) is 0. The van der Waals surface area contributed by atoms with Crippen LogP contribution in [0, 0.1) is 11.8 Å². The molecule has 0 aromatic heterocycles. The summed E-state index contributed by atoms with van der Waals surface area (Å²) in [6, 6.07) is 0.832. The Morgan fingerprint density at radius 3 is 2.24 bits per heavy atom. The van der Waals surface area contributed by atoms with Crippen molar-refractivity contribution in [1.29, 1.82) is 0 Å². The van der Waals surface area contributed by atoms with Gasteiger partial charge in [-0.15, -0.1) is 0 Å². The standard InChI is InChI=1S/C18H37N3/c1-5-6-17(4)14-19-9-11-21(12-10-19)18-7-8-20(15-18)13-16(2)3/h16-18H,5-15H2,1-4H3/t17?,18-/m0/s1. The molecule has 2 atom stereocenters. The normalized spacial score (nSPS) is 27.6. The predicted molar refractivity (Wildman–Crippen MR) is 91.8 cm³/mol. The predicted octanol–water partition coefficient (Wildman–Crippen LogP) is 2.77. The molecule has 0 spiro atoms. The summed E-state index contributed by atoms with van der Waals surface area (Å²) >= 11 is 0. The molecular weight excluding hydrogens is 258 g/mol. The SMILES string of the molecule is CCCC(C)CN1CCN([C@H]2CCN(CC(C)C)C2)CC1. The van der Waals surface area contributed by atoms with E-state index >= 15 is 0 Å². The molecule has 2 aliphatic rings. The van der Waals surface area contributed by atoms with E-state index in [1.54, 1.807) is 0 Å². The summed E-state index contributed by atoms with van der Waals surface area (Å²) in [5.74, 6) is 1.68. The molecule has 2 fully saturated rings. The van der Waals surface area contributed by atoms with Crippen LogP contribution in [0.4, 0.5) is 0 Å². The molecule has 3 nitrogen and oxygen atoms in total. The van der Waals surface area contributed by atoms with Gasteiger partial charge < -0.3 is 9.80 Å². The zero-order valence-electron chi connectivity index (χ0n) is 14.9. The van der Waals surface area contributed by atoms with Crippen LogP contribution in [0.1, 0.15) is 47.0 Å². The van der Waals surface area contributed by atoms with Crippen LogP contribution < -0.4 is 0 Å². The fourth-order valence-electron chi connectivity index (χ4n) is 4.13. The molecular formula is C18H37N3. The van der Waals surface area contributed by atoms with Crippen LogP contribution in [-0.2, 0) is 0 Å². The van der Waals surface area contributed by atoms with Crippen LogP contribution in [0.25, 0.3) is 0 Å². The smallest absolute Gasteiger partial charge is 0.0236 e. The molecule has 2 saturated heterocycles. The van der Waals surface area contributed by atoms with Crippen molar-refractivity contribution < 1.29 is 0 Å². The highest BCUT2D eigenvalue weighted by molar-refractivity contribution is 4.86. The fraction of sp³-hybridized carbons (Fsp3) is 1.00. The van der Waals surface area contributed by atoms with Crippen molar-refractivity contribution >= 4 is 0 Å². The van der Waals surface area contributed by atoms with Crippen molar-refractivity contribution in [2.75, 3.05) is 52.4 Å². The lowest BCUT2D eigenvalue weighted by Gasteiger charge is -2.39. The van der Waals surface area contributed by atoms with E-state index in [9.17, 15) is 0 Å². The van der Waals surface area contributed by atoms with E-state index < -0.39 is 0 Å². The van der Waals surface area contributed by atoms with Gasteiger partial charge in [0.15, 0.2) is 0 Å². The Bertz CT molecular complexity index is 284. The molecule has 124 valence electrons. The third-order valence-corrected chi connectivity index (χ3v) is 5.15. The molecule has 0 aliphatic carbocycles. The van der Waals surface area contributed by atoms with Crippen molar-refractivity contribution in [1.82, 2.24) is 14.7 Å². The Hall–Kier alpha value is -0.120. The van der Waals surface area contributed by atoms with Gasteiger partial charge in [0.1, 0.15) is 0 Å². The Balaban J connectivity index is 1.67. The number of hydrogen-bond acceptors (Lipinski definition) is 3. The van der Waals surface area contributed by atoms with E-state index in [0.717, 1.165) is 17.9 Å². The van der Waals surface area contributed by atoms with Gasteiger partial charge in [0.05, 0.1) is 0 Å². The lowest BCUT2D eigenvalue weighted by atomic mass is 10.1. The highest BCUT2D eigenvalue weighted by Crippen LogP contribution is 2.19. The summed E-state index contributed by atoms with van der Waals surface area (Å²) in [5.41, 5.74) is 0. The molecule has 0 amide bonds. The van der Waals surface area contributed by atoms with Crippen molar-refractivity contribution in [3.63, 3.8) is 0 Å². The topological polar surface area (TPSA) is 9.72 Å². The third kappa shape index (κ3) is 5.54. The van der Waals surface area contributed by atoms with Gasteiger partial charge in [0.2, 0.25) is 0 Å². The zero-order valence-corrected chi connectivity index (χ0v) is 14.9. The Labute approximate surface area is 132 Å². The van der Waals surface area contributed by atoms with E-state index in [0.29, 0.717) is 0 Å². The molecule has 0 N–H and O–H groups in total. The number of likely N-dealkylation sites (tertiary alicyclic amines) is 1. The second-order valence-corrected chi connectivity index (χ2v) is 7.83. The van der Waals surface area contributed by atoms with E-state index in [2.05, 4.69) is 42.4 Å². The van der Waals surface area contributed by atoms with E-state index in [-0.39, 0.29) is 0 Å². The van der Waals surface area contributed by atoms with Gasteiger partial charge in [0.25, 0.3) is 0 Å². The molecule has 0 saturated carbocycles. The number of hydrogen-bond donors (Lipinski definition) is 0. The minimum atomic E-state index is 0.806. The lowest BCUT2D eigenvalue weighted by Crippen LogP contribution is -2.51. The molecule has 2 rings (SSSR count). The van der Waals surface area contributed by atoms with Crippen LogP contribution in [0.3, 0.4) is 0 Å². The molecule has 0 radical (unpaired) electrons. The van der Waals surface area contributed by atoms with Crippen LogP contribution in [0.15, 0.2) is 0 Å². The van der Waals surface area contributed by atoms with Gasteiger partial charge in [-0.25, -0.2) is 0 Å². The van der Waals surface area contributed by atoms with Crippen molar-refractivity contribution in [2.45, 2.75) is 53.0 Å². The Morgan fingerprint density at radius 1 is 0.905 bits per heavy atom. The van der Waals surface area contributed by atoms with Crippen molar-refractivity contribution in [3.05, 3.63) is 0 Å². The Morgan fingerprint density at radius 2 is 1.62 bits per heavy atom. The monoisotopic (exact) mass is 295 g/mol. The van der Waals surface area contributed by atoms with Crippen LogP contribution in [0.2, 0.25) is 0 Å². The van der Waals surface area contributed by atoms with Gasteiger partial charge in [-0.2, -0.15) is 0 Å². The summed E-state index contributed by atoms with van der Waals surface area (Å²) in [6.07, 6.45) is 4.10. The van der Waals surface area contributed by atoms with Gasteiger partial charge >= 0.3 is 0 Å². The molecule has 0 aromatic carbocycles. The maximum Gasteiger partial charge on any atom is 0.0236 e. The van der Waals surface area contributed by atoms with Gasteiger partial charge in [-0.05, 0) is 31.2 Å². The van der Waals surface area contributed by atoms with Gasteiger partial charge in [-0.3, -0.25) is 4.90 Å². The molecule has 3 heteroatoms. The quantitative estimate of drug-likeness (QED) is 0.715. The molecule has 2 heterocycles. The minimum absolute atomic E-state index is 0.806. The highest BCUT2D eigenvalue weighted by atomic mass is 15.3. The number of rotatable bonds is 7. The van der Waals surface area contributed by atoms with E-state index in [4.69, 9.17) is 0 Å². The third-order valence-electron chi connectivity index (χ3n) is 5.15. The van der Waals surface area contributed by atoms with Crippen LogP contribution >= 0.6 is 0 Å². The summed E-state index contributed by atoms with van der Waals surface area (Å²) in [5, 5.41) is 0. The summed E-state index contributed by atoms with van der Waals surface area (Å²) < 4.78 is 0. The van der Waals surface area contributed by atoms with Crippen molar-refractivity contribution in [2.24, 2.45) is 11.8 Å². The van der Waals surface area contributed by atoms with Crippen LogP contribution in [-0.4, -0.2) is 73.1 Å². The summed E-state index contributed by atoms with van der Waals surface area (Å²) in [4.78, 5) is 8.13. The molecule has 0 bridgehead atoms. The maximum atomic E-state index is 2.77. The first-order chi connectivity index (χ1) is 10.1. The highest BCUT2D eigenvalue weighted by Gasteiger charge is 2.30. The average molecular weight is 296 g/mol. The fourth-order valence-corrected chi connectivity index (χ4v) is 4.13. The molecule has 0 aromatic rings. The van der Waals surface area contributed by atoms with Crippen molar-refractivity contribution in [3.8, 4) is 0 Å². The first kappa shape index (κ1) is 17.2. The van der Waals surface area contributed by atoms with Gasteiger partial charge in [0, 0.05) is 51.9 Å². The second-order valence-electron chi connectivity index (χ2n) is 7.83. The number of piperazine rings is 1. The first-order valence-electron chi connectivity index (χ1n) is 9.27. The zero-order chi connectivity index (χ0) is 15.2. The average Bonchev–Trinajstić information content (AvgIpc) is 2.87. The first-order valence-corrected chi connectivity index (χ1v) is 9.27. The van der Waals surface area contributed by atoms with E-state index in [1.165, 1.54) is 71.6 Å².